The lowest BCUT2D eigenvalue weighted by molar-refractivity contribution is -0.384. The molecule has 8 nitrogen and oxygen atoms in total. The van der Waals surface area contributed by atoms with Gasteiger partial charge in [0.25, 0.3) is 5.69 Å². The first-order chi connectivity index (χ1) is 14.7. The first-order valence-corrected chi connectivity index (χ1v) is 10.1. The number of amides is 2. The second-order valence-corrected chi connectivity index (χ2v) is 7.90. The van der Waals surface area contributed by atoms with Crippen molar-refractivity contribution in [3.63, 3.8) is 0 Å². The van der Waals surface area contributed by atoms with Crippen molar-refractivity contribution >= 4 is 44.1 Å². The Morgan fingerprint density at radius 2 is 1.87 bits per heavy atom. The van der Waals surface area contributed by atoms with E-state index in [1.807, 2.05) is 4.90 Å². The molecule has 31 heavy (non-hydrogen) atoms. The van der Waals surface area contributed by atoms with Gasteiger partial charge in [-0.1, -0.05) is 17.4 Å². The van der Waals surface area contributed by atoms with Crippen LogP contribution in [0.4, 0.5) is 34.5 Å². The Morgan fingerprint density at radius 3 is 2.55 bits per heavy atom. The van der Waals surface area contributed by atoms with Crippen molar-refractivity contribution in [1.82, 2.24) is 9.88 Å². The Balaban J connectivity index is 1.39. The molecule has 0 atom stereocenters. The van der Waals surface area contributed by atoms with Gasteiger partial charge in [0.15, 0.2) is 5.13 Å². The standard InChI is InChI=1S/C19H16F3N5O3S/c20-19(21,22)12-2-1-3-13(10-12)23-17(28)25-6-8-26(9-7-25)18-24-15-5-4-14(27(29)30)11-16(15)31-18/h1-5,10-11H,6-9H2,(H,23,28). The van der Waals surface area contributed by atoms with Gasteiger partial charge in [0.05, 0.1) is 20.7 Å². The highest BCUT2D eigenvalue weighted by molar-refractivity contribution is 7.22. The number of fused-ring (bicyclic) bond motifs is 1. The lowest BCUT2D eigenvalue weighted by Gasteiger charge is -2.34. The summed E-state index contributed by atoms with van der Waals surface area (Å²) in [6, 6.07) is 8.51. The molecule has 1 saturated heterocycles. The summed E-state index contributed by atoms with van der Waals surface area (Å²) in [7, 11) is 0. The number of carbonyl (C=O) groups excluding carboxylic acids is 1. The molecule has 0 saturated carbocycles. The molecule has 2 aromatic carbocycles. The number of nitrogens with zero attached hydrogens (tertiary/aromatic N) is 4. The van der Waals surface area contributed by atoms with Crippen LogP contribution in [0.25, 0.3) is 10.2 Å². The number of carbonyl (C=O) groups is 1. The number of nitro benzene ring substituents is 1. The second kappa shape index (κ2) is 8.02. The van der Waals surface area contributed by atoms with Gasteiger partial charge < -0.3 is 15.1 Å². The first-order valence-electron chi connectivity index (χ1n) is 9.24. The Morgan fingerprint density at radius 1 is 1.13 bits per heavy atom. The zero-order chi connectivity index (χ0) is 22.2. The van der Waals surface area contributed by atoms with Crippen LogP contribution in [0.15, 0.2) is 42.5 Å². The van der Waals surface area contributed by atoms with E-state index >= 15 is 0 Å². The number of non-ortho nitro benzene ring substituents is 1. The molecule has 0 spiro atoms. The average molecular weight is 451 g/mol. The van der Waals surface area contributed by atoms with Crippen molar-refractivity contribution in [1.29, 1.82) is 0 Å². The fraction of sp³-hybridized carbons (Fsp3) is 0.263. The van der Waals surface area contributed by atoms with Gasteiger partial charge in [0, 0.05) is 44.0 Å². The zero-order valence-electron chi connectivity index (χ0n) is 15.9. The highest BCUT2D eigenvalue weighted by Crippen LogP contribution is 2.32. The number of nitro groups is 1. The minimum absolute atomic E-state index is 0.00113. The molecule has 12 heteroatoms. The predicted molar refractivity (Wildman–Crippen MR) is 111 cm³/mol. The van der Waals surface area contributed by atoms with Crippen LogP contribution in [-0.4, -0.2) is 47.0 Å². The van der Waals surface area contributed by atoms with E-state index in [4.69, 9.17) is 0 Å². The maximum atomic E-state index is 12.8. The number of halogens is 3. The Kier molecular flexibility index (Phi) is 5.39. The van der Waals surface area contributed by atoms with Gasteiger partial charge >= 0.3 is 12.2 Å². The summed E-state index contributed by atoms with van der Waals surface area (Å²) in [5.74, 6) is 0. The van der Waals surface area contributed by atoms with Gasteiger partial charge in [-0.2, -0.15) is 13.2 Å². The Labute approximate surface area is 178 Å². The molecule has 1 N–H and O–H groups in total. The number of rotatable bonds is 3. The number of benzene rings is 2. The molecule has 1 fully saturated rings. The lowest BCUT2D eigenvalue weighted by atomic mass is 10.2. The molecule has 2 heterocycles. The minimum atomic E-state index is -4.48. The maximum absolute atomic E-state index is 12.8. The minimum Gasteiger partial charge on any atom is -0.345 e. The summed E-state index contributed by atoms with van der Waals surface area (Å²) in [6.07, 6.45) is -4.48. The van der Waals surface area contributed by atoms with E-state index in [0.29, 0.717) is 41.5 Å². The molecule has 4 rings (SSSR count). The van der Waals surface area contributed by atoms with E-state index in [1.165, 1.54) is 40.5 Å². The number of hydrogen-bond donors (Lipinski definition) is 1. The summed E-state index contributed by atoms with van der Waals surface area (Å²) in [5.41, 5.74) is -0.0877. The molecule has 162 valence electrons. The molecular formula is C19H16F3N5O3S. The monoisotopic (exact) mass is 451 g/mol. The van der Waals surface area contributed by atoms with Crippen LogP contribution < -0.4 is 10.2 Å². The van der Waals surface area contributed by atoms with Crippen molar-refractivity contribution in [2.75, 3.05) is 36.4 Å². The highest BCUT2D eigenvalue weighted by Gasteiger charge is 2.31. The van der Waals surface area contributed by atoms with Gasteiger partial charge in [-0.3, -0.25) is 10.1 Å². The fourth-order valence-corrected chi connectivity index (χ4v) is 4.28. The van der Waals surface area contributed by atoms with E-state index in [0.717, 1.165) is 12.1 Å². The van der Waals surface area contributed by atoms with Crippen LogP contribution in [0, 0.1) is 10.1 Å². The topological polar surface area (TPSA) is 91.6 Å². The van der Waals surface area contributed by atoms with Gasteiger partial charge in [-0.25, -0.2) is 9.78 Å². The molecule has 1 aliphatic heterocycles. The van der Waals surface area contributed by atoms with Crippen LogP contribution in [0.1, 0.15) is 5.56 Å². The van der Waals surface area contributed by atoms with Crippen molar-refractivity contribution in [3.8, 4) is 0 Å². The van der Waals surface area contributed by atoms with Crippen LogP contribution in [0.5, 0.6) is 0 Å². The Hall–Kier alpha value is -3.41. The third-order valence-electron chi connectivity index (χ3n) is 4.85. The second-order valence-electron chi connectivity index (χ2n) is 6.89. The fourth-order valence-electron chi connectivity index (χ4n) is 3.23. The van der Waals surface area contributed by atoms with Crippen molar-refractivity contribution in [2.45, 2.75) is 6.18 Å². The van der Waals surface area contributed by atoms with Gasteiger partial charge in [0.2, 0.25) is 0 Å². The molecule has 0 aliphatic carbocycles. The molecule has 0 radical (unpaired) electrons. The summed E-state index contributed by atoms with van der Waals surface area (Å²) >= 11 is 1.34. The van der Waals surface area contributed by atoms with Crippen LogP contribution in [-0.2, 0) is 6.18 Å². The van der Waals surface area contributed by atoms with E-state index in [2.05, 4.69) is 10.3 Å². The van der Waals surface area contributed by atoms with E-state index in [1.54, 1.807) is 6.07 Å². The maximum Gasteiger partial charge on any atom is 0.416 e. The number of anilines is 2. The summed E-state index contributed by atoms with van der Waals surface area (Å²) in [4.78, 5) is 30.9. The van der Waals surface area contributed by atoms with Crippen molar-refractivity contribution in [2.24, 2.45) is 0 Å². The number of aromatic nitrogens is 1. The summed E-state index contributed by atoms with van der Waals surface area (Å²) in [5, 5.41) is 14.1. The number of hydrogen-bond acceptors (Lipinski definition) is 6. The number of alkyl halides is 3. The molecular weight excluding hydrogens is 435 g/mol. The van der Waals surface area contributed by atoms with Crippen molar-refractivity contribution in [3.05, 3.63) is 58.1 Å². The quantitative estimate of drug-likeness (QED) is 0.465. The molecule has 3 aromatic rings. The smallest absolute Gasteiger partial charge is 0.345 e. The lowest BCUT2D eigenvalue weighted by Crippen LogP contribution is -2.50. The van der Waals surface area contributed by atoms with Crippen molar-refractivity contribution < 1.29 is 22.9 Å². The Bertz CT molecular complexity index is 1140. The number of piperazine rings is 1. The number of thiazole rings is 1. The first kappa shape index (κ1) is 20.8. The highest BCUT2D eigenvalue weighted by atomic mass is 32.1. The SMILES string of the molecule is O=C(Nc1cccc(C(F)(F)F)c1)N1CCN(c2nc3ccc([N+](=O)[O-])cc3s2)CC1. The number of urea groups is 1. The van der Waals surface area contributed by atoms with Gasteiger partial charge in [-0.15, -0.1) is 0 Å². The van der Waals surface area contributed by atoms with E-state index < -0.39 is 22.7 Å². The molecule has 1 aliphatic rings. The van der Waals surface area contributed by atoms with E-state index in [-0.39, 0.29) is 11.4 Å². The molecule has 1 aromatic heterocycles. The van der Waals surface area contributed by atoms with Gasteiger partial charge in [0.1, 0.15) is 0 Å². The summed E-state index contributed by atoms with van der Waals surface area (Å²) in [6.45, 7) is 1.69. The molecule has 0 unspecified atom stereocenters. The normalized spacial score (nSPS) is 14.7. The van der Waals surface area contributed by atoms with Crippen LogP contribution >= 0.6 is 11.3 Å². The molecule has 0 bridgehead atoms. The average Bonchev–Trinajstić information content (AvgIpc) is 3.17. The molecule has 2 amide bonds. The zero-order valence-corrected chi connectivity index (χ0v) is 16.7. The summed E-state index contributed by atoms with van der Waals surface area (Å²) < 4.78 is 39.2. The van der Waals surface area contributed by atoms with Crippen LogP contribution in [0.2, 0.25) is 0 Å². The van der Waals surface area contributed by atoms with Gasteiger partial charge in [-0.05, 0) is 24.3 Å². The largest absolute Gasteiger partial charge is 0.416 e. The predicted octanol–water partition coefficient (Wildman–Crippen LogP) is 4.58. The third-order valence-corrected chi connectivity index (χ3v) is 5.93. The third kappa shape index (κ3) is 4.53. The van der Waals surface area contributed by atoms with E-state index in [9.17, 15) is 28.1 Å². The number of nitrogens with one attached hydrogen (secondary N) is 1. The van der Waals surface area contributed by atoms with Crippen LogP contribution in [0.3, 0.4) is 0 Å².